The number of rotatable bonds is 10. The summed E-state index contributed by atoms with van der Waals surface area (Å²) in [7, 11) is -0.124. The number of carbonyl (C=O) groups is 2. The molecule has 1 aliphatic rings. The van der Waals surface area contributed by atoms with Crippen molar-refractivity contribution in [1.82, 2.24) is 4.90 Å². The van der Waals surface area contributed by atoms with E-state index in [-0.39, 0.29) is 36.3 Å². The second kappa shape index (κ2) is 9.18. The van der Waals surface area contributed by atoms with Crippen molar-refractivity contribution < 1.29 is 32.6 Å². The molecule has 8 nitrogen and oxygen atoms in total. The van der Waals surface area contributed by atoms with Crippen molar-refractivity contribution in [1.29, 1.82) is 0 Å². The molecule has 9 heteroatoms. The molecule has 0 amide bonds. The molecule has 1 saturated heterocycles. The third kappa shape index (κ3) is 5.93. The summed E-state index contributed by atoms with van der Waals surface area (Å²) in [5.41, 5.74) is 0.428. The summed E-state index contributed by atoms with van der Waals surface area (Å²) in [6.45, 7) is 0.376. The van der Waals surface area contributed by atoms with Gasteiger partial charge < -0.3 is 14.6 Å². The maximum absolute atomic E-state index is 12.7. The summed E-state index contributed by atoms with van der Waals surface area (Å²) < 4.78 is 34.0. The molecular formula is C18H25NO7S. The van der Waals surface area contributed by atoms with Crippen molar-refractivity contribution in [2.75, 3.05) is 38.8 Å². The Morgan fingerprint density at radius 1 is 1.22 bits per heavy atom. The number of methoxy groups -OCH3 is 2. The Morgan fingerprint density at radius 3 is 2.48 bits per heavy atom. The number of ketones is 1. The van der Waals surface area contributed by atoms with Gasteiger partial charge in [0.05, 0.1) is 32.3 Å². The molecule has 0 saturated carbocycles. The van der Waals surface area contributed by atoms with E-state index in [1.54, 1.807) is 23.1 Å². The standard InChI is InChI=1S/C18H25NO7S/c1-25-16-6-5-13(10-17(16)26-2)15(20)11-19(8-3-4-18(21)22)14-7-9-27(23,24)12-14/h5-6,10,14H,3-4,7-9,11-12H2,1-2H3,(H,21,22)/t14-/m0/s1. The predicted octanol–water partition coefficient (Wildman–Crippen LogP) is 1.24. The normalized spacial score (nSPS) is 18.4. The van der Waals surface area contributed by atoms with E-state index in [0.29, 0.717) is 36.4 Å². The molecule has 1 aromatic carbocycles. The lowest BCUT2D eigenvalue weighted by molar-refractivity contribution is -0.137. The lowest BCUT2D eigenvalue weighted by Crippen LogP contribution is -2.40. The van der Waals surface area contributed by atoms with Crippen LogP contribution < -0.4 is 9.47 Å². The largest absolute Gasteiger partial charge is 0.493 e. The van der Waals surface area contributed by atoms with Crippen LogP contribution in [0.4, 0.5) is 0 Å². The summed E-state index contributed by atoms with van der Waals surface area (Å²) in [4.78, 5) is 25.3. The molecule has 1 aliphatic heterocycles. The van der Waals surface area contributed by atoms with Crippen LogP contribution in [0.5, 0.6) is 11.5 Å². The van der Waals surface area contributed by atoms with E-state index in [0.717, 1.165) is 0 Å². The third-order valence-electron chi connectivity index (χ3n) is 4.61. The first-order valence-corrected chi connectivity index (χ1v) is 10.5. The average Bonchev–Trinajstić information content (AvgIpc) is 2.99. The zero-order valence-electron chi connectivity index (χ0n) is 15.5. The van der Waals surface area contributed by atoms with Crippen LogP contribution in [-0.4, -0.2) is 75.0 Å². The van der Waals surface area contributed by atoms with Crippen molar-refractivity contribution in [2.24, 2.45) is 0 Å². The number of benzene rings is 1. The summed E-state index contributed by atoms with van der Waals surface area (Å²) in [6, 6.07) is 4.58. The molecule has 1 N–H and O–H groups in total. The van der Waals surface area contributed by atoms with Gasteiger partial charge in [0.25, 0.3) is 0 Å². The van der Waals surface area contributed by atoms with E-state index >= 15 is 0 Å². The molecule has 1 aromatic rings. The van der Waals surface area contributed by atoms with Gasteiger partial charge >= 0.3 is 5.97 Å². The van der Waals surface area contributed by atoms with Gasteiger partial charge in [-0.15, -0.1) is 0 Å². The zero-order chi connectivity index (χ0) is 20.0. The van der Waals surface area contributed by atoms with Crippen LogP contribution in [0.2, 0.25) is 0 Å². The number of carboxylic acid groups (broad SMARTS) is 1. The number of ether oxygens (including phenoxy) is 2. The lowest BCUT2D eigenvalue weighted by Gasteiger charge is -2.27. The predicted molar refractivity (Wildman–Crippen MR) is 99.4 cm³/mol. The third-order valence-corrected chi connectivity index (χ3v) is 6.36. The molecule has 0 spiro atoms. The van der Waals surface area contributed by atoms with Gasteiger partial charge in [-0.25, -0.2) is 8.42 Å². The molecule has 0 aromatic heterocycles. The average molecular weight is 399 g/mol. The number of sulfone groups is 1. The minimum Gasteiger partial charge on any atom is -0.493 e. The number of carboxylic acids is 1. The Balaban J connectivity index is 2.13. The number of nitrogens with zero attached hydrogens (tertiary/aromatic N) is 1. The Bertz CT molecular complexity index is 791. The molecule has 0 unspecified atom stereocenters. The first kappa shape index (κ1) is 21.2. The molecule has 1 fully saturated rings. The van der Waals surface area contributed by atoms with Crippen LogP contribution in [0, 0.1) is 0 Å². The number of carbonyl (C=O) groups excluding carboxylic acids is 1. The smallest absolute Gasteiger partial charge is 0.303 e. The van der Waals surface area contributed by atoms with Gasteiger partial charge in [0.15, 0.2) is 27.1 Å². The van der Waals surface area contributed by atoms with E-state index in [1.165, 1.54) is 14.2 Å². The highest BCUT2D eigenvalue weighted by atomic mass is 32.2. The summed E-state index contributed by atoms with van der Waals surface area (Å²) >= 11 is 0. The SMILES string of the molecule is COc1ccc(C(=O)CN(CCCC(=O)O)[C@H]2CCS(=O)(=O)C2)cc1OC. The Morgan fingerprint density at radius 2 is 1.93 bits per heavy atom. The molecule has 150 valence electrons. The Kier molecular flexibility index (Phi) is 7.20. The van der Waals surface area contributed by atoms with Crippen molar-refractivity contribution in [3.8, 4) is 11.5 Å². The van der Waals surface area contributed by atoms with Crippen LogP contribution in [0.1, 0.15) is 29.6 Å². The van der Waals surface area contributed by atoms with Gasteiger partial charge in [-0.1, -0.05) is 0 Å². The van der Waals surface area contributed by atoms with E-state index < -0.39 is 15.8 Å². The van der Waals surface area contributed by atoms with E-state index in [9.17, 15) is 18.0 Å². The van der Waals surface area contributed by atoms with E-state index in [1.807, 2.05) is 0 Å². The summed E-state index contributed by atoms with van der Waals surface area (Å²) in [5.74, 6) is -0.0639. The van der Waals surface area contributed by atoms with Crippen LogP contribution >= 0.6 is 0 Å². The van der Waals surface area contributed by atoms with Gasteiger partial charge in [0.2, 0.25) is 0 Å². The van der Waals surface area contributed by atoms with E-state index in [2.05, 4.69) is 0 Å². The minimum absolute atomic E-state index is 0.000709. The molecule has 0 bridgehead atoms. The van der Waals surface area contributed by atoms with E-state index in [4.69, 9.17) is 14.6 Å². The highest BCUT2D eigenvalue weighted by Crippen LogP contribution is 2.28. The first-order valence-electron chi connectivity index (χ1n) is 8.67. The number of hydrogen-bond donors (Lipinski definition) is 1. The molecule has 1 atom stereocenters. The summed E-state index contributed by atoms with van der Waals surface area (Å²) in [6.07, 6.45) is 0.778. The molecule has 0 aliphatic carbocycles. The lowest BCUT2D eigenvalue weighted by atomic mass is 10.1. The number of hydrogen-bond acceptors (Lipinski definition) is 7. The number of Topliss-reactive ketones (excluding diaryl/α,β-unsaturated/α-hetero) is 1. The van der Waals surface area contributed by atoms with Crippen molar-refractivity contribution in [3.63, 3.8) is 0 Å². The van der Waals surface area contributed by atoms with Gasteiger partial charge in [-0.2, -0.15) is 0 Å². The molecule has 27 heavy (non-hydrogen) atoms. The fourth-order valence-corrected chi connectivity index (χ4v) is 4.93. The highest BCUT2D eigenvalue weighted by molar-refractivity contribution is 7.91. The van der Waals surface area contributed by atoms with Crippen LogP contribution in [0.25, 0.3) is 0 Å². The maximum atomic E-state index is 12.7. The molecule has 2 rings (SSSR count). The quantitative estimate of drug-likeness (QED) is 0.585. The van der Waals surface area contributed by atoms with Crippen molar-refractivity contribution in [2.45, 2.75) is 25.3 Å². The van der Waals surface area contributed by atoms with Crippen LogP contribution in [-0.2, 0) is 14.6 Å². The fraction of sp³-hybridized carbons (Fsp3) is 0.556. The van der Waals surface area contributed by atoms with Crippen molar-refractivity contribution in [3.05, 3.63) is 23.8 Å². The van der Waals surface area contributed by atoms with Gasteiger partial charge in [-0.3, -0.25) is 14.5 Å². The van der Waals surface area contributed by atoms with Gasteiger partial charge in [0, 0.05) is 18.0 Å². The maximum Gasteiger partial charge on any atom is 0.303 e. The molecular weight excluding hydrogens is 374 g/mol. The second-order valence-corrected chi connectivity index (χ2v) is 8.75. The zero-order valence-corrected chi connectivity index (χ0v) is 16.3. The van der Waals surface area contributed by atoms with Crippen LogP contribution in [0.15, 0.2) is 18.2 Å². The number of aliphatic carboxylic acids is 1. The fourth-order valence-electron chi connectivity index (χ4n) is 3.17. The monoisotopic (exact) mass is 399 g/mol. The molecule has 0 radical (unpaired) electrons. The minimum atomic E-state index is -3.11. The highest BCUT2D eigenvalue weighted by Gasteiger charge is 2.33. The van der Waals surface area contributed by atoms with Gasteiger partial charge in [0.1, 0.15) is 0 Å². The van der Waals surface area contributed by atoms with Crippen molar-refractivity contribution >= 4 is 21.6 Å². The van der Waals surface area contributed by atoms with Crippen LogP contribution in [0.3, 0.4) is 0 Å². The topological polar surface area (TPSA) is 110 Å². The summed E-state index contributed by atoms with van der Waals surface area (Å²) in [5, 5.41) is 8.83. The Labute approximate surface area is 159 Å². The second-order valence-electron chi connectivity index (χ2n) is 6.52. The molecule has 1 heterocycles. The first-order chi connectivity index (χ1) is 12.8. The Hall–Kier alpha value is -2.13. The van der Waals surface area contributed by atoms with Gasteiger partial charge in [-0.05, 0) is 37.6 Å².